The molecule has 1 amide bonds. The van der Waals surface area contributed by atoms with Crippen molar-refractivity contribution in [1.29, 1.82) is 5.26 Å². The van der Waals surface area contributed by atoms with Gasteiger partial charge in [0.25, 0.3) is 5.91 Å². The first-order chi connectivity index (χ1) is 13.0. The molecular weight excluding hydrogens is 364 g/mol. The van der Waals surface area contributed by atoms with Crippen LogP contribution in [0.5, 0.6) is 5.75 Å². The van der Waals surface area contributed by atoms with Crippen LogP contribution in [0.25, 0.3) is 0 Å². The van der Waals surface area contributed by atoms with Gasteiger partial charge in [-0.3, -0.25) is 4.79 Å². The molecule has 0 saturated heterocycles. The van der Waals surface area contributed by atoms with Gasteiger partial charge in [-0.25, -0.2) is 0 Å². The van der Waals surface area contributed by atoms with Crippen LogP contribution in [0.3, 0.4) is 0 Å². The topological polar surface area (TPSA) is 87.9 Å². The quantitative estimate of drug-likeness (QED) is 0.858. The van der Waals surface area contributed by atoms with Crippen molar-refractivity contribution >= 4 is 17.5 Å². The molecule has 1 aliphatic rings. The number of hydrogen-bond acceptors (Lipinski definition) is 5. The molecule has 1 N–H and O–H groups in total. The van der Waals surface area contributed by atoms with E-state index < -0.39 is 0 Å². The minimum atomic E-state index is -0.211. The SMILES string of the molecule is CNC(=O)c1ccc(C)nn1.N#Cc1ccc(OC2CCCCC2)cc1Cl. The molecule has 0 atom stereocenters. The predicted octanol–water partition coefficient (Wildman–Crippen LogP) is 4.07. The lowest BCUT2D eigenvalue weighted by Gasteiger charge is -2.23. The van der Waals surface area contributed by atoms with Gasteiger partial charge in [0.1, 0.15) is 11.8 Å². The molecule has 1 aromatic carbocycles. The van der Waals surface area contributed by atoms with Gasteiger partial charge in [0.15, 0.2) is 5.69 Å². The summed E-state index contributed by atoms with van der Waals surface area (Å²) in [6.45, 7) is 1.82. The number of halogens is 1. The normalized spacial score (nSPS) is 13.7. The third kappa shape index (κ3) is 6.54. The highest BCUT2D eigenvalue weighted by Crippen LogP contribution is 2.26. The van der Waals surface area contributed by atoms with E-state index >= 15 is 0 Å². The Morgan fingerprint density at radius 1 is 1.22 bits per heavy atom. The summed E-state index contributed by atoms with van der Waals surface area (Å²) >= 11 is 5.94. The number of carbonyl (C=O) groups is 1. The standard InChI is InChI=1S/C13H14ClNO.C7H9N3O/c14-13-8-12(7-6-10(13)9-15)16-11-4-2-1-3-5-11;1-5-3-4-6(10-9-5)7(11)8-2/h6-8,11H,1-5H2;3-4H,1-2H3,(H,8,11). The second-order valence-corrected chi connectivity index (χ2v) is 6.68. The highest BCUT2D eigenvalue weighted by molar-refractivity contribution is 6.31. The second kappa shape index (κ2) is 10.5. The third-order valence-electron chi connectivity index (χ3n) is 4.17. The van der Waals surface area contributed by atoms with Gasteiger partial charge >= 0.3 is 0 Å². The molecule has 1 heterocycles. The Balaban J connectivity index is 0.000000208. The Labute approximate surface area is 164 Å². The zero-order valence-electron chi connectivity index (χ0n) is 15.5. The first-order valence-corrected chi connectivity index (χ1v) is 9.30. The number of nitrogens with one attached hydrogen (secondary N) is 1. The molecule has 1 fully saturated rings. The summed E-state index contributed by atoms with van der Waals surface area (Å²) in [5.74, 6) is 0.563. The zero-order valence-corrected chi connectivity index (χ0v) is 16.3. The fourth-order valence-electron chi connectivity index (χ4n) is 2.68. The lowest BCUT2D eigenvalue weighted by atomic mass is 9.98. The van der Waals surface area contributed by atoms with Crippen molar-refractivity contribution in [2.24, 2.45) is 0 Å². The van der Waals surface area contributed by atoms with Gasteiger partial charge in [0.05, 0.1) is 22.4 Å². The third-order valence-corrected chi connectivity index (χ3v) is 4.49. The molecule has 0 bridgehead atoms. The Hall–Kier alpha value is -2.65. The number of nitriles is 1. The van der Waals surface area contributed by atoms with E-state index in [4.69, 9.17) is 21.6 Å². The molecule has 1 aliphatic carbocycles. The van der Waals surface area contributed by atoms with E-state index in [-0.39, 0.29) is 5.91 Å². The highest BCUT2D eigenvalue weighted by Gasteiger charge is 2.15. The van der Waals surface area contributed by atoms with Crippen LogP contribution in [-0.4, -0.2) is 29.3 Å². The average molecular weight is 387 g/mol. The smallest absolute Gasteiger partial charge is 0.271 e. The molecule has 27 heavy (non-hydrogen) atoms. The van der Waals surface area contributed by atoms with E-state index in [0.717, 1.165) is 24.3 Å². The molecule has 142 valence electrons. The van der Waals surface area contributed by atoms with Crippen molar-refractivity contribution in [3.05, 3.63) is 52.3 Å². The van der Waals surface area contributed by atoms with Gasteiger partial charge in [-0.1, -0.05) is 18.0 Å². The van der Waals surface area contributed by atoms with Crippen molar-refractivity contribution in [2.45, 2.75) is 45.1 Å². The van der Waals surface area contributed by atoms with Crippen molar-refractivity contribution in [1.82, 2.24) is 15.5 Å². The lowest BCUT2D eigenvalue weighted by molar-refractivity contribution is 0.0957. The number of rotatable bonds is 3. The molecule has 1 saturated carbocycles. The fraction of sp³-hybridized carbons (Fsp3) is 0.400. The van der Waals surface area contributed by atoms with Gasteiger partial charge < -0.3 is 10.1 Å². The van der Waals surface area contributed by atoms with Gasteiger partial charge in [-0.05, 0) is 56.9 Å². The van der Waals surface area contributed by atoms with Crippen LogP contribution in [0.15, 0.2) is 30.3 Å². The van der Waals surface area contributed by atoms with Gasteiger partial charge in [-0.2, -0.15) is 10.4 Å². The second-order valence-electron chi connectivity index (χ2n) is 6.27. The van der Waals surface area contributed by atoms with E-state index in [9.17, 15) is 4.79 Å². The molecule has 3 rings (SSSR count). The minimum Gasteiger partial charge on any atom is -0.490 e. The maximum absolute atomic E-state index is 10.9. The van der Waals surface area contributed by atoms with E-state index in [1.807, 2.05) is 19.1 Å². The van der Waals surface area contributed by atoms with Crippen molar-refractivity contribution in [3.63, 3.8) is 0 Å². The molecule has 0 spiro atoms. The fourth-order valence-corrected chi connectivity index (χ4v) is 2.90. The molecule has 0 unspecified atom stereocenters. The Kier molecular flexibility index (Phi) is 8.02. The summed E-state index contributed by atoms with van der Waals surface area (Å²) in [5, 5.41) is 19.1. The first-order valence-electron chi connectivity index (χ1n) is 8.92. The van der Waals surface area contributed by atoms with E-state index in [2.05, 4.69) is 15.5 Å². The summed E-state index contributed by atoms with van der Waals surface area (Å²) in [5.41, 5.74) is 1.65. The largest absolute Gasteiger partial charge is 0.490 e. The monoisotopic (exact) mass is 386 g/mol. The van der Waals surface area contributed by atoms with Crippen LogP contribution in [0, 0.1) is 18.3 Å². The highest BCUT2D eigenvalue weighted by atomic mass is 35.5. The zero-order chi connectivity index (χ0) is 19.6. The Bertz CT molecular complexity index is 797. The average Bonchev–Trinajstić information content (AvgIpc) is 2.69. The molecule has 0 radical (unpaired) electrons. The Morgan fingerprint density at radius 3 is 2.52 bits per heavy atom. The first kappa shape index (κ1) is 20.7. The van der Waals surface area contributed by atoms with Crippen LogP contribution in [0.2, 0.25) is 5.02 Å². The van der Waals surface area contributed by atoms with E-state index in [1.54, 1.807) is 31.3 Å². The van der Waals surface area contributed by atoms with Crippen LogP contribution in [0.1, 0.15) is 53.8 Å². The van der Waals surface area contributed by atoms with Crippen molar-refractivity contribution < 1.29 is 9.53 Å². The number of carbonyl (C=O) groups excluding carboxylic acids is 1. The summed E-state index contributed by atoms with van der Waals surface area (Å²) in [7, 11) is 1.56. The van der Waals surface area contributed by atoms with Crippen LogP contribution in [-0.2, 0) is 0 Å². The van der Waals surface area contributed by atoms with Gasteiger partial charge in [0.2, 0.25) is 0 Å². The summed E-state index contributed by atoms with van der Waals surface area (Å²) in [6.07, 6.45) is 6.37. The number of hydrogen-bond donors (Lipinski definition) is 1. The lowest BCUT2D eigenvalue weighted by Crippen LogP contribution is -2.19. The van der Waals surface area contributed by atoms with E-state index in [1.165, 1.54) is 19.3 Å². The van der Waals surface area contributed by atoms with Crippen molar-refractivity contribution in [2.75, 3.05) is 7.05 Å². The molecule has 7 heteroatoms. The van der Waals surface area contributed by atoms with Crippen molar-refractivity contribution in [3.8, 4) is 11.8 Å². The maximum Gasteiger partial charge on any atom is 0.271 e. The number of aryl methyl sites for hydroxylation is 1. The number of ether oxygens (including phenoxy) is 1. The van der Waals surface area contributed by atoms with Crippen LogP contribution < -0.4 is 10.1 Å². The number of nitrogens with zero attached hydrogens (tertiary/aromatic N) is 3. The summed E-state index contributed by atoms with van der Waals surface area (Å²) < 4.78 is 5.84. The van der Waals surface area contributed by atoms with E-state index in [0.29, 0.717) is 22.4 Å². The molecule has 6 nitrogen and oxygen atoms in total. The van der Waals surface area contributed by atoms with Crippen LogP contribution in [0.4, 0.5) is 0 Å². The maximum atomic E-state index is 10.9. The number of amides is 1. The molecular formula is C20H23ClN4O2. The summed E-state index contributed by atoms with van der Waals surface area (Å²) in [4.78, 5) is 10.9. The predicted molar refractivity (Wildman–Crippen MR) is 104 cm³/mol. The minimum absolute atomic E-state index is 0.211. The molecule has 0 aliphatic heterocycles. The number of benzene rings is 1. The molecule has 2 aromatic rings. The molecule has 1 aromatic heterocycles. The van der Waals surface area contributed by atoms with Gasteiger partial charge in [-0.15, -0.1) is 5.10 Å². The number of aromatic nitrogens is 2. The van der Waals surface area contributed by atoms with Crippen LogP contribution >= 0.6 is 11.6 Å². The Morgan fingerprint density at radius 2 is 1.96 bits per heavy atom. The van der Waals surface area contributed by atoms with Gasteiger partial charge in [0, 0.05) is 13.1 Å². The summed E-state index contributed by atoms with van der Waals surface area (Å²) in [6, 6.07) is 10.7.